The van der Waals surface area contributed by atoms with Crippen LogP contribution in [0.5, 0.6) is 0 Å². The Morgan fingerprint density at radius 1 is 1.26 bits per heavy atom. The Kier molecular flexibility index (Phi) is 7.33. The molecular formula is C16H34N2O. The van der Waals surface area contributed by atoms with Crippen molar-refractivity contribution in [2.75, 3.05) is 27.2 Å². The van der Waals surface area contributed by atoms with Gasteiger partial charge in [-0.3, -0.25) is 0 Å². The highest BCUT2D eigenvalue weighted by Crippen LogP contribution is 2.29. The Labute approximate surface area is 119 Å². The summed E-state index contributed by atoms with van der Waals surface area (Å²) in [4.78, 5) is 2.54. The van der Waals surface area contributed by atoms with Crippen LogP contribution in [0.15, 0.2) is 0 Å². The lowest BCUT2D eigenvalue weighted by atomic mass is 9.84. The first-order valence-electron chi connectivity index (χ1n) is 8.04. The second kappa shape index (κ2) is 8.23. The second-order valence-corrected chi connectivity index (χ2v) is 6.64. The number of hydrogen-bond acceptors (Lipinski definition) is 3. The quantitative estimate of drug-likeness (QED) is 0.712. The van der Waals surface area contributed by atoms with Gasteiger partial charge in [-0.1, -0.05) is 13.3 Å². The van der Waals surface area contributed by atoms with Gasteiger partial charge in [0.1, 0.15) is 0 Å². The highest BCUT2D eigenvalue weighted by molar-refractivity contribution is 4.82. The molecule has 0 spiro atoms. The normalized spacial score (nSPS) is 27.5. The summed E-state index contributed by atoms with van der Waals surface area (Å²) >= 11 is 0. The summed E-state index contributed by atoms with van der Waals surface area (Å²) in [6.07, 6.45) is 9.12. The van der Waals surface area contributed by atoms with Crippen LogP contribution in [0.1, 0.15) is 58.8 Å². The van der Waals surface area contributed by atoms with E-state index in [9.17, 15) is 5.11 Å². The van der Waals surface area contributed by atoms with Crippen molar-refractivity contribution < 1.29 is 5.11 Å². The van der Waals surface area contributed by atoms with Gasteiger partial charge in [0.2, 0.25) is 0 Å². The molecule has 0 heterocycles. The van der Waals surface area contributed by atoms with E-state index in [0.717, 1.165) is 31.3 Å². The SMILES string of the molecule is CCC1CCC(N(C)CCCC(C)(CO)NC)CC1. The van der Waals surface area contributed by atoms with Crippen LogP contribution in [-0.4, -0.2) is 48.8 Å². The zero-order valence-corrected chi connectivity index (χ0v) is 13.4. The number of nitrogens with zero attached hydrogens (tertiary/aromatic N) is 1. The van der Waals surface area contributed by atoms with Gasteiger partial charge >= 0.3 is 0 Å². The minimum absolute atomic E-state index is 0.110. The van der Waals surface area contributed by atoms with Crippen LogP contribution >= 0.6 is 0 Å². The number of nitrogens with one attached hydrogen (secondary N) is 1. The number of rotatable bonds is 8. The largest absolute Gasteiger partial charge is 0.394 e. The first-order chi connectivity index (χ1) is 9.04. The first kappa shape index (κ1) is 16.9. The van der Waals surface area contributed by atoms with Gasteiger partial charge in [0, 0.05) is 11.6 Å². The maximum Gasteiger partial charge on any atom is 0.0610 e. The molecule has 0 bridgehead atoms. The van der Waals surface area contributed by atoms with Gasteiger partial charge in [0.15, 0.2) is 0 Å². The Hall–Kier alpha value is -0.120. The first-order valence-corrected chi connectivity index (χ1v) is 8.04. The summed E-state index contributed by atoms with van der Waals surface area (Å²) in [7, 11) is 4.21. The third kappa shape index (κ3) is 5.41. The molecule has 1 fully saturated rings. The van der Waals surface area contributed by atoms with Crippen LogP contribution in [0, 0.1) is 5.92 Å². The van der Waals surface area contributed by atoms with E-state index < -0.39 is 0 Å². The van der Waals surface area contributed by atoms with Crippen LogP contribution in [0.3, 0.4) is 0 Å². The van der Waals surface area contributed by atoms with E-state index in [2.05, 4.69) is 31.1 Å². The Balaban J connectivity index is 2.23. The number of aliphatic hydroxyl groups excluding tert-OH is 1. The van der Waals surface area contributed by atoms with Crippen molar-refractivity contribution in [3.05, 3.63) is 0 Å². The molecule has 1 aliphatic rings. The minimum Gasteiger partial charge on any atom is -0.394 e. The lowest BCUT2D eigenvalue weighted by Gasteiger charge is -2.35. The van der Waals surface area contributed by atoms with Gasteiger partial charge in [0.25, 0.3) is 0 Å². The second-order valence-electron chi connectivity index (χ2n) is 6.64. The maximum atomic E-state index is 9.38. The molecule has 0 amide bonds. The fraction of sp³-hybridized carbons (Fsp3) is 1.00. The molecule has 19 heavy (non-hydrogen) atoms. The molecule has 0 radical (unpaired) electrons. The summed E-state index contributed by atoms with van der Waals surface area (Å²) in [5, 5.41) is 12.6. The highest BCUT2D eigenvalue weighted by Gasteiger charge is 2.24. The molecule has 3 heteroatoms. The van der Waals surface area contributed by atoms with E-state index in [1.165, 1.54) is 32.1 Å². The fourth-order valence-electron chi connectivity index (χ4n) is 3.18. The molecule has 1 unspecified atom stereocenters. The minimum atomic E-state index is -0.110. The molecule has 1 rings (SSSR count). The molecule has 3 nitrogen and oxygen atoms in total. The van der Waals surface area contributed by atoms with E-state index >= 15 is 0 Å². The molecule has 2 N–H and O–H groups in total. The zero-order valence-electron chi connectivity index (χ0n) is 13.4. The van der Waals surface area contributed by atoms with Gasteiger partial charge in [-0.05, 0) is 72.0 Å². The van der Waals surface area contributed by atoms with Crippen molar-refractivity contribution in [2.24, 2.45) is 5.92 Å². The van der Waals surface area contributed by atoms with Crippen molar-refractivity contribution in [1.29, 1.82) is 0 Å². The molecule has 0 saturated heterocycles. The standard InChI is InChI=1S/C16H34N2O/c1-5-14-7-9-15(10-8-14)18(4)12-6-11-16(2,13-19)17-3/h14-15,17,19H,5-13H2,1-4H3. The molecule has 0 aromatic carbocycles. The van der Waals surface area contributed by atoms with E-state index in [4.69, 9.17) is 0 Å². The van der Waals surface area contributed by atoms with E-state index in [-0.39, 0.29) is 12.1 Å². The van der Waals surface area contributed by atoms with Gasteiger partial charge in [-0.15, -0.1) is 0 Å². The monoisotopic (exact) mass is 270 g/mol. The molecular weight excluding hydrogens is 236 g/mol. The molecule has 0 aromatic rings. The molecule has 0 aromatic heterocycles. The Morgan fingerprint density at radius 3 is 2.37 bits per heavy atom. The molecule has 114 valence electrons. The molecule has 0 aliphatic heterocycles. The lowest BCUT2D eigenvalue weighted by molar-refractivity contribution is 0.142. The van der Waals surface area contributed by atoms with Gasteiger partial charge < -0.3 is 15.3 Å². The van der Waals surface area contributed by atoms with E-state index in [1.807, 2.05) is 7.05 Å². The summed E-state index contributed by atoms with van der Waals surface area (Å²) in [6, 6.07) is 0.790. The Bertz CT molecular complexity index is 233. The van der Waals surface area contributed by atoms with Crippen molar-refractivity contribution >= 4 is 0 Å². The van der Waals surface area contributed by atoms with Gasteiger partial charge in [-0.2, -0.15) is 0 Å². The van der Waals surface area contributed by atoms with Crippen molar-refractivity contribution in [1.82, 2.24) is 10.2 Å². The molecule has 1 atom stereocenters. The van der Waals surface area contributed by atoms with E-state index in [1.54, 1.807) is 0 Å². The van der Waals surface area contributed by atoms with Crippen molar-refractivity contribution in [2.45, 2.75) is 70.4 Å². The summed E-state index contributed by atoms with van der Waals surface area (Å²) in [6.45, 7) is 5.79. The van der Waals surface area contributed by atoms with E-state index in [0.29, 0.717) is 0 Å². The summed E-state index contributed by atoms with van der Waals surface area (Å²) < 4.78 is 0. The lowest BCUT2D eigenvalue weighted by Crippen LogP contribution is -2.44. The predicted octanol–water partition coefficient (Wildman–Crippen LogP) is 2.64. The van der Waals surface area contributed by atoms with Crippen molar-refractivity contribution in [3.8, 4) is 0 Å². The molecule has 1 aliphatic carbocycles. The highest BCUT2D eigenvalue weighted by atomic mass is 16.3. The number of likely N-dealkylation sites (N-methyl/N-ethyl adjacent to an activating group) is 1. The third-order valence-corrected chi connectivity index (χ3v) is 5.21. The number of aliphatic hydroxyl groups is 1. The van der Waals surface area contributed by atoms with Crippen LogP contribution < -0.4 is 5.32 Å². The van der Waals surface area contributed by atoms with Crippen LogP contribution in [-0.2, 0) is 0 Å². The van der Waals surface area contributed by atoms with Crippen LogP contribution in [0.2, 0.25) is 0 Å². The van der Waals surface area contributed by atoms with Gasteiger partial charge in [0.05, 0.1) is 6.61 Å². The van der Waals surface area contributed by atoms with Crippen molar-refractivity contribution in [3.63, 3.8) is 0 Å². The summed E-state index contributed by atoms with van der Waals surface area (Å²) in [5.41, 5.74) is -0.110. The Morgan fingerprint density at radius 2 is 1.89 bits per heavy atom. The fourth-order valence-corrected chi connectivity index (χ4v) is 3.18. The predicted molar refractivity (Wildman–Crippen MR) is 82.5 cm³/mol. The topological polar surface area (TPSA) is 35.5 Å². The molecule has 1 saturated carbocycles. The zero-order chi connectivity index (χ0) is 14.3. The maximum absolute atomic E-state index is 9.38. The average Bonchev–Trinajstić information content (AvgIpc) is 2.47. The third-order valence-electron chi connectivity index (χ3n) is 5.21. The average molecular weight is 270 g/mol. The smallest absolute Gasteiger partial charge is 0.0610 e. The van der Waals surface area contributed by atoms with Crippen LogP contribution in [0.25, 0.3) is 0 Å². The number of hydrogen-bond donors (Lipinski definition) is 2. The van der Waals surface area contributed by atoms with Crippen LogP contribution in [0.4, 0.5) is 0 Å². The van der Waals surface area contributed by atoms with Gasteiger partial charge in [-0.25, -0.2) is 0 Å². The summed E-state index contributed by atoms with van der Waals surface area (Å²) in [5.74, 6) is 0.978.